The van der Waals surface area contributed by atoms with Crippen LogP contribution in [0, 0.1) is 0 Å². The molecule has 0 aromatic heterocycles. The number of ketones is 1. The number of aliphatic imine (C=N–C) groups is 1. The average Bonchev–Trinajstić information content (AvgIpc) is 3.18. The number of Topliss-reactive ketones (excluding diaryl/α,β-unsaturated/α-hetero) is 1. The summed E-state index contributed by atoms with van der Waals surface area (Å²) in [7, 11) is 0. The highest BCUT2D eigenvalue weighted by Crippen LogP contribution is 2.36. The van der Waals surface area contributed by atoms with E-state index < -0.39 is 22.8 Å². The van der Waals surface area contributed by atoms with Crippen LogP contribution in [-0.2, 0) is 17.5 Å². The van der Waals surface area contributed by atoms with Crippen LogP contribution in [0.15, 0.2) is 65.7 Å². The SMILES string of the molecule is CC(=O)C1=NCc2ccc(-c3ccc(NC(=O)Nc4ccc(Cl)c(C(F)(F)F)c4)cc3)cc21. The van der Waals surface area contributed by atoms with Gasteiger partial charge < -0.3 is 10.6 Å². The van der Waals surface area contributed by atoms with E-state index in [0.717, 1.165) is 34.4 Å². The molecular formula is C24H17ClF3N3O2. The number of fused-ring (bicyclic) bond motifs is 1. The van der Waals surface area contributed by atoms with Crippen molar-refractivity contribution in [1.29, 1.82) is 0 Å². The monoisotopic (exact) mass is 471 g/mol. The molecule has 5 nitrogen and oxygen atoms in total. The van der Waals surface area contributed by atoms with E-state index in [9.17, 15) is 22.8 Å². The normalized spacial score (nSPS) is 12.7. The van der Waals surface area contributed by atoms with E-state index in [0.29, 0.717) is 17.9 Å². The second-order valence-electron chi connectivity index (χ2n) is 7.44. The van der Waals surface area contributed by atoms with Crippen molar-refractivity contribution in [3.8, 4) is 11.1 Å². The zero-order valence-electron chi connectivity index (χ0n) is 17.3. The highest BCUT2D eigenvalue weighted by molar-refractivity contribution is 6.46. The molecule has 0 radical (unpaired) electrons. The number of amides is 2. The van der Waals surface area contributed by atoms with Crippen molar-refractivity contribution >= 4 is 40.5 Å². The molecule has 3 aromatic rings. The van der Waals surface area contributed by atoms with Crippen molar-refractivity contribution in [2.45, 2.75) is 19.6 Å². The molecule has 9 heteroatoms. The minimum absolute atomic E-state index is 0.0399. The second kappa shape index (κ2) is 8.71. The van der Waals surface area contributed by atoms with E-state index in [-0.39, 0.29) is 11.5 Å². The van der Waals surface area contributed by atoms with Gasteiger partial charge in [0.05, 0.1) is 17.1 Å². The lowest BCUT2D eigenvalue weighted by atomic mass is 9.97. The number of alkyl halides is 3. The molecule has 1 heterocycles. The molecule has 2 amide bonds. The minimum Gasteiger partial charge on any atom is -0.308 e. The highest BCUT2D eigenvalue weighted by Gasteiger charge is 2.33. The Morgan fingerprint density at radius 3 is 2.21 bits per heavy atom. The van der Waals surface area contributed by atoms with Gasteiger partial charge in [0.2, 0.25) is 0 Å². The topological polar surface area (TPSA) is 70.6 Å². The summed E-state index contributed by atoms with van der Waals surface area (Å²) in [5.41, 5.74) is 3.43. The van der Waals surface area contributed by atoms with E-state index in [1.807, 2.05) is 18.2 Å². The van der Waals surface area contributed by atoms with Crippen LogP contribution in [0.25, 0.3) is 11.1 Å². The third-order valence-corrected chi connectivity index (χ3v) is 5.44. The summed E-state index contributed by atoms with van der Waals surface area (Å²) in [6.45, 7) is 1.97. The molecule has 0 spiro atoms. The van der Waals surface area contributed by atoms with Crippen LogP contribution in [0.1, 0.15) is 23.6 Å². The number of anilines is 2. The Morgan fingerprint density at radius 2 is 1.55 bits per heavy atom. The zero-order valence-corrected chi connectivity index (χ0v) is 18.0. The summed E-state index contributed by atoms with van der Waals surface area (Å²) in [6.07, 6.45) is -4.63. The maximum Gasteiger partial charge on any atom is 0.417 e. The Hall–Kier alpha value is -3.65. The third-order valence-electron chi connectivity index (χ3n) is 5.11. The molecule has 0 bridgehead atoms. The molecule has 0 atom stereocenters. The van der Waals surface area contributed by atoms with Crippen molar-refractivity contribution in [1.82, 2.24) is 0 Å². The summed E-state index contributed by atoms with van der Waals surface area (Å²) >= 11 is 5.60. The molecular weight excluding hydrogens is 455 g/mol. The number of rotatable bonds is 4. The standard InChI is InChI=1S/C24H17ClF3N3O2/c1-13(32)22-19-10-15(2-3-16(19)12-29-22)14-4-6-17(7-5-14)30-23(33)31-18-8-9-21(25)20(11-18)24(26,27)28/h2-11H,12H2,1H3,(H2,30,31,33). The molecule has 2 N–H and O–H groups in total. The summed E-state index contributed by atoms with van der Waals surface area (Å²) in [6, 6.07) is 15.2. The molecule has 0 saturated heterocycles. The van der Waals surface area contributed by atoms with Crippen LogP contribution >= 0.6 is 11.6 Å². The Kier molecular flexibility index (Phi) is 5.95. The zero-order chi connectivity index (χ0) is 23.8. The van der Waals surface area contributed by atoms with E-state index in [1.165, 1.54) is 13.0 Å². The van der Waals surface area contributed by atoms with Crippen LogP contribution < -0.4 is 10.6 Å². The summed E-state index contributed by atoms with van der Waals surface area (Å²) < 4.78 is 39.0. The predicted octanol–water partition coefficient (Wildman–Crippen LogP) is 6.56. The fourth-order valence-corrected chi connectivity index (χ4v) is 3.75. The van der Waals surface area contributed by atoms with Crippen LogP contribution in [0.4, 0.5) is 29.3 Å². The molecule has 1 aliphatic rings. The van der Waals surface area contributed by atoms with Gasteiger partial charge in [-0.2, -0.15) is 13.2 Å². The van der Waals surface area contributed by atoms with Gasteiger partial charge in [-0.15, -0.1) is 0 Å². The van der Waals surface area contributed by atoms with Gasteiger partial charge in [-0.1, -0.05) is 35.9 Å². The molecule has 0 saturated carbocycles. The number of hydrogen-bond donors (Lipinski definition) is 2. The van der Waals surface area contributed by atoms with Gasteiger partial charge in [0, 0.05) is 23.9 Å². The van der Waals surface area contributed by atoms with Gasteiger partial charge >= 0.3 is 12.2 Å². The van der Waals surface area contributed by atoms with Crippen LogP contribution in [-0.4, -0.2) is 17.5 Å². The molecule has 0 unspecified atom stereocenters. The van der Waals surface area contributed by atoms with Gasteiger partial charge in [-0.3, -0.25) is 9.79 Å². The number of carbonyl (C=O) groups excluding carboxylic acids is 2. The maximum atomic E-state index is 13.0. The second-order valence-corrected chi connectivity index (χ2v) is 7.85. The summed E-state index contributed by atoms with van der Waals surface area (Å²) in [5, 5.41) is 4.50. The average molecular weight is 472 g/mol. The number of benzene rings is 3. The van der Waals surface area contributed by atoms with Gasteiger partial charge in [0.1, 0.15) is 5.71 Å². The smallest absolute Gasteiger partial charge is 0.308 e. The first kappa shape index (κ1) is 22.5. The molecule has 0 fully saturated rings. The number of urea groups is 1. The number of carbonyl (C=O) groups is 2. The number of nitrogens with zero attached hydrogens (tertiary/aromatic N) is 1. The highest BCUT2D eigenvalue weighted by atomic mass is 35.5. The van der Waals surface area contributed by atoms with Gasteiger partial charge in [-0.05, 0) is 53.1 Å². The van der Waals surface area contributed by atoms with E-state index in [4.69, 9.17) is 11.6 Å². The molecule has 4 rings (SSSR count). The van der Waals surface area contributed by atoms with Crippen LogP contribution in [0.3, 0.4) is 0 Å². The molecule has 33 heavy (non-hydrogen) atoms. The van der Waals surface area contributed by atoms with E-state index in [1.54, 1.807) is 24.3 Å². The first-order valence-corrected chi connectivity index (χ1v) is 10.2. The quantitative estimate of drug-likeness (QED) is 0.452. The van der Waals surface area contributed by atoms with Crippen molar-refractivity contribution in [3.05, 3.63) is 82.4 Å². The van der Waals surface area contributed by atoms with Gasteiger partial charge in [0.25, 0.3) is 0 Å². The number of halogens is 4. The van der Waals surface area contributed by atoms with Crippen molar-refractivity contribution in [2.75, 3.05) is 10.6 Å². The summed E-state index contributed by atoms with van der Waals surface area (Å²) in [5.74, 6) is -0.0838. The number of nitrogens with one attached hydrogen (secondary N) is 2. The van der Waals surface area contributed by atoms with Crippen LogP contribution in [0.5, 0.6) is 0 Å². The van der Waals surface area contributed by atoms with E-state index in [2.05, 4.69) is 15.6 Å². The Labute approximate surface area is 192 Å². The maximum absolute atomic E-state index is 13.0. The number of hydrogen-bond acceptors (Lipinski definition) is 3. The van der Waals surface area contributed by atoms with E-state index >= 15 is 0 Å². The minimum atomic E-state index is -4.63. The third kappa shape index (κ3) is 4.90. The molecule has 168 valence electrons. The fraction of sp³-hybridized carbons (Fsp3) is 0.125. The predicted molar refractivity (Wildman–Crippen MR) is 122 cm³/mol. The van der Waals surface area contributed by atoms with Crippen LogP contribution in [0.2, 0.25) is 5.02 Å². The molecule has 0 aliphatic carbocycles. The van der Waals surface area contributed by atoms with Crippen molar-refractivity contribution < 1.29 is 22.8 Å². The fourth-order valence-electron chi connectivity index (χ4n) is 3.52. The van der Waals surface area contributed by atoms with Crippen molar-refractivity contribution in [2.24, 2.45) is 4.99 Å². The first-order valence-electron chi connectivity index (χ1n) is 9.86. The Balaban J connectivity index is 1.46. The Morgan fingerprint density at radius 1 is 0.909 bits per heavy atom. The lowest BCUT2D eigenvalue weighted by Gasteiger charge is -2.12. The molecule has 3 aromatic carbocycles. The van der Waals surface area contributed by atoms with Crippen molar-refractivity contribution in [3.63, 3.8) is 0 Å². The van der Waals surface area contributed by atoms with Gasteiger partial charge in [-0.25, -0.2) is 4.79 Å². The Bertz CT molecular complexity index is 1290. The van der Waals surface area contributed by atoms with Gasteiger partial charge in [0.15, 0.2) is 5.78 Å². The lowest BCUT2D eigenvalue weighted by molar-refractivity contribution is -0.137. The molecule has 1 aliphatic heterocycles. The first-order chi connectivity index (χ1) is 15.6. The lowest BCUT2D eigenvalue weighted by Crippen LogP contribution is -2.19. The largest absolute Gasteiger partial charge is 0.417 e. The summed E-state index contributed by atoms with van der Waals surface area (Å²) in [4.78, 5) is 28.3.